The number of hydrogen-bond donors (Lipinski definition) is 1. The van der Waals surface area contributed by atoms with Crippen LogP contribution in [-0.2, 0) is 16.0 Å². The van der Waals surface area contributed by atoms with Crippen molar-refractivity contribution in [2.45, 2.75) is 6.42 Å². The van der Waals surface area contributed by atoms with E-state index < -0.39 is 11.4 Å². The number of carboxylic acids is 1. The van der Waals surface area contributed by atoms with Gasteiger partial charge < -0.3 is 14.7 Å². The monoisotopic (exact) mass is 267 g/mol. The van der Waals surface area contributed by atoms with Gasteiger partial charge >= 0.3 is 5.97 Å². The molecule has 0 unspecified atom stereocenters. The van der Waals surface area contributed by atoms with E-state index in [1.54, 1.807) is 12.1 Å². The van der Waals surface area contributed by atoms with Gasteiger partial charge in [0, 0.05) is 13.1 Å². The lowest BCUT2D eigenvalue weighted by atomic mass is 9.85. The fourth-order valence-corrected chi connectivity index (χ4v) is 2.20. The van der Waals surface area contributed by atoms with Gasteiger partial charge in [0.15, 0.2) is 0 Å². The van der Waals surface area contributed by atoms with E-state index in [0.717, 1.165) is 18.5 Å². The van der Waals surface area contributed by atoms with Gasteiger partial charge in [0.05, 0.1) is 13.2 Å². The molecule has 0 saturated carbocycles. The van der Waals surface area contributed by atoms with Crippen LogP contribution in [0.25, 0.3) is 0 Å². The normalized spacial score (nSPS) is 17.2. The van der Waals surface area contributed by atoms with Crippen molar-refractivity contribution in [3.05, 3.63) is 35.6 Å². The first-order valence-corrected chi connectivity index (χ1v) is 6.26. The van der Waals surface area contributed by atoms with Gasteiger partial charge in [-0.1, -0.05) is 12.1 Å². The molecule has 0 spiro atoms. The second kappa shape index (κ2) is 5.67. The summed E-state index contributed by atoms with van der Waals surface area (Å²) in [7, 11) is 1.90. The third-order valence-electron chi connectivity index (χ3n) is 3.48. The maximum absolute atomic E-state index is 12.8. The van der Waals surface area contributed by atoms with E-state index in [9.17, 15) is 14.3 Å². The molecule has 1 aliphatic heterocycles. The van der Waals surface area contributed by atoms with E-state index in [1.807, 2.05) is 11.9 Å². The zero-order valence-corrected chi connectivity index (χ0v) is 10.9. The number of hydrogen-bond acceptors (Lipinski definition) is 3. The standard InChI is InChI=1S/C14H18FNO3/c1-16(8-14(13(17)18)9-19-10-14)7-6-11-2-4-12(15)5-3-11/h2-5H,6-10H2,1H3,(H,17,18). The summed E-state index contributed by atoms with van der Waals surface area (Å²) in [5, 5.41) is 9.20. The number of halogens is 1. The van der Waals surface area contributed by atoms with Crippen LogP contribution in [-0.4, -0.2) is 49.3 Å². The van der Waals surface area contributed by atoms with Crippen LogP contribution in [0.5, 0.6) is 0 Å². The molecule has 5 heteroatoms. The summed E-state index contributed by atoms with van der Waals surface area (Å²) < 4.78 is 17.8. The summed E-state index contributed by atoms with van der Waals surface area (Å²) in [6.07, 6.45) is 0.771. The van der Waals surface area contributed by atoms with Crippen molar-refractivity contribution in [3.63, 3.8) is 0 Å². The molecule has 0 aliphatic carbocycles. The first-order valence-electron chi connectivity index (χ1n) is 6.26. The molecule has 19 heavy (non-hydrogen) atoms. The molecule has 1 saturated heterocycles. The van der Waals surface area contributed by atoms with Gasteiger partial charge in [-0.15, -0.1) is 0 Å². The van der Waals surface area contributed by atoms with E-state index in [-0.39, 0.29) is 19.0 Å². The second-order valence-electron chi connectivity index (χ2n) is 5.19. The van der Waals surface area contributed by atoms with Crippen LogP contribution in [0.3, 0.4) is 0 Å². The van der Waals surface area contributed by atoms with Crippen LogP contribution in [0.1, 0.15) is 5.56 Å². The van der Waals surface area contributed by atoms with Crippen LogP contribution in [0, 0.1) is 11.2 Å². The molecule has 0 atom stereocenters. The lowest BCUT2D eigenvalue weighted by Crippen LogP contribution is -2.55. The number of likely N-dealkylation sites (N-methyl/N-ethyl adjacent to an activating group) is 1. The Morgan fingerprint density at radius 2 is 2.05 bits per heavy atom. The highest BCUT2D eigenvalue weighted by molar-refractivity contribution is 5.76. The van der Waals surface area contributed by atoms with Crippen molar-refractivity contribution in [3.8, 4) is 0 Å². The molecule has 1 fully saturated rings. The smallest absolute Gasteiger partial charge is 0.315 e. The van der Waals surface area contributed by atoms with Crippen molar-refractivity contribution in [1.29, 1.82) is 0 Å². The first kappa shape index (κ1) is 14.0. The molecule has 0 amide bonds. The minimum atomic E-state index is -0.799. The molecular weight excluding hydrogens is 249 g/mol. The van der Waals surface area contributed by atoms with Crippen LogP contribution < -0.4 is 0 Å². The Hall–Kier alpha value is -1.46. The molecule has 1 N–H and O–H groups in total. The largest absolute Gasteiger partial charge is 0.481 e. The first-order chi connectivity index (χ1) is 9.02. The SMILES string of the molecule is CN(CCc1ccc(F)cc1)CC1(C(=O)O)COC1. The van der Waals surface area contributed by atoms with Crippen LogP contribution in [0.15, 0.2) is 24.3 Å². The van der Waals surface area contributed by atoms with Crippen LogP contribution in [0.4, 0.5) is 4.39 Å². The number of rotatable bonds is 6. The Labute approximate surface area is 111 Å². The summed E-state index contributed by atoms with van der Waals surface area (Å²) in [6, 6.07) is 6.38. The van der Waals surface area contributed by atoms with Gasteiger partial charge in [0.1, 0.15) is 11.2 Å². The van der Waals surface area contributed by atoms with Gasteiger partial charge in [0.25, 0.3) is 0 Å². The molecule has 0 radical (unpaired) electrons. The highest BCUT2D eigenvalue weighted by Gasteiger charge is 2.46. The Bertz CT molecular complexity index is 443. The van der Waals surface area contributed by atoms with Crippen molar-refractivity contribution >= 4 is 5.97 Å². The van der Waals surface area contributed by atoms with Gasteiger partial charge in [-0.25, -0.2) is 4.39 Å². The Morgan fingerprint density at radius 3 is 2.53 bits per heavy atom. The highest BCUT2D eigenvalue weighted by atomic mass is 19.1. The van der Waals surface area contributed by atoms with Gasteiger partial charge in [-0.3, -0.25) is 4.79 Å². The average Bonchev–Trinajstić information content (AvgIpc) is 2.32. The molecule has 1 aliphatic rings. The topological polar surface area (TPSA) is 49.8 Å². The van der Waals surface area contributed by atoms with Gasteiger partial charge in [-0.2, -0.15) is 0 Å². The summed E-state index contributed by atoms with van der Waals surface area (Å²) in [5.74, 6) is -1.04. The number of ether oxygens (including phenoxy) is 1. The van der Waals surface area contributed by atoms with Crippen molar-refractivity contribution in [2.24, 2.45) is 5.41 Å². The Kier molecular flexibility index (Phi) is 4.17. The molecular formula is C14H18FNO3. The minimum absolute atomic E-state index is 0.242. The molecule has 0 aromatic heterocycles. The Balaban J connectivity index is 1.83. The number of benzene rings is 1. The Morgan fingerprint density at radius 1 is 1.42 bits per heavy atom. The molecule has 104 valence electrons. The quantitative estimate of drug-likeness (QED) is 0.846. The van der Waals surface area contributed by atoms with E-state index in [0.29, 0.717) is 6.54 Å². The molecule has 1 aromatic carbocycles. The zero-order chi connectivity index (χ0) is 13.9. The number of carbonyl (C=O) groups is 1. The molecule has 2 rings (SSSR count). The van der Waals surface area contributed by atoms with Crippen LogP contribution >= 0.6 is 0 Å². The van der Waals surface area contributed by atoms with E-state index >= 15 is 0 Å². The predicted octanol–water partition coefficient (Wildman–Crippen LogP) is 1.40. The maximum Gasteiger partial charge on any atom is 0.315 e. The maximum atomic E-state index is 12.8. The third-order valence-corrected chi connectivity index (χ3v) is 3.48. The number of nitrogens with zero attached hydrogens (tertiary/aromatic N) is 1. The number of carboxylic acid groups (broad SMARTS) is 1. The van der Waals surface area contributed by atoms with E-state index in [4.69, 9.17) is 4.74 Å². The molecule has 4 nitrogen and oxygen atoms in total. The second-order valence-corrected chi connectivity index (χ2v) is 5.19. The molecule has 1 aromatic rings. The highest BCUT2D eigenvalue weighted by Crippen LogP contribution is 2.28. The van der Waals surface area contributed by atoms with E-state index in [2.05, 4.69) is 0 Å². The fourth-order valence-electron chi connectivity index (χ4n) is 2.20. The third kappa shape index (κ3) is 3.30. The predicted molar refractivity (Wildman–Crippen MR) is 68.5 cm³/mol. The van der Waals surface area contributed by atoms with Crippen molar-refractivity contribution in [2.75, 3.05) is 33.4 Å². The fraction of sp³-hybridized carbons (Fsp3) is 0.500. The summed E-state index contributed by atoms with van der Waals surface area (Å²) >= 11 is 0. The van der Waals surface area contributed by atoms with Crippen molar-refractivity contribution < 1.29 is 19.0 Å². The minimum Gasteiger partial charge on any atom is -0.481 e. The summed E-state index contributed by atoms with van der Waals surface area (Å²) in [4.78, 5) is 13.2. The van der Waals surface area contributed by atoms with Crippen molar-refractivity contribution in [1.82, 2.24) is 4.90 Å². The molecule has 1 heterocycles. The van der Waals surface area contributed by atoms with E-state index in [1.165, 1.54) is 12.1 Å². The zero-order valence-electron chi connectivity index (χ0n) is 10.9. The lowest BCUT2D eigenvalue weighted by Gasteiger charge is -2.40. The van der Waals surface area contributed by atoms with Gasteiger partial charge in [-0.05, 0) is 31.2 Å². The summed E-state index contributed by atoms with van der Waals surface area (Å²) in [6.45, 7) is 1.77. The number of aliphatic carboxylic acids is 1. The van der Waals surface area contributed by atoms with Gasteiger partial charge in [0.2, 0.25) is 0 Å². The summed E-state index contributed by atoms with van der Waals surface area (Å²) in [5.41, 5.74) is 0.292. The van der Waals surface area contributed by atoms with Crippen LogP contribution in [0.2, 0.25) is 0 Å². The average molecular weight is 267 g/mol. The molecule has 0 bridgehead atoms. The lowest BCUT2D eigenvalue weighted by molar-refractivity contribution is -0.182.